The van der Waals surface area contributed by atoms with Gasteiger partial charge in [-0.05, 0) is 72.5 Å². The molecule has 216 valence electrons. The molecule has 0 spiro atoms. The molecule has 0 aromatic heterocycles. The van der Waals surface area contributed by atoms with Crippen molar-refractivity contribution in [1.82, 2.24) is 9.62 Å². The second-order valence-electron chi connectivity index (χ2n) is 10.1. The Morgan fingerprint density at radius 2 is 1.60 bits per heavy atom. The summed E-state index contributed by atoms with van der Waals surface area (Å²) in [6.45, 7) is 3.85. The topological polar surface area (TPSA) is 127 Å². The van der Waals surface area contributed by atoms with E-state index in [1.54, 1.807) is 30.3 Å². The average molecular weight is 587 g/mol. The molecule has 0 radical (unpaired) electrons. The largest absolute Gasteiger partial charge is 0.504 e. The van der Waals surface area contributed by atoms with Crippen molar-refractivity contribution in [3.63, 3.8) is 0 Å². The zero-order chi connectivity index (χ0) is 29.3. The fourth-order valence-corrected chi connectivity index (χ4v) is 6.35. The predicted octanol–water partition coefficient (Wildman–Crippen LogP) is 4.19. The van der Waals surface area contributed by atoms with Gasteiger partial charge in [-0.1, -0.05) is 50.2 Å². The number of benzene rings is 3. The number of aliphatic hydroxyl groups is 1. The third-order valence-corrected chi connectivity index (χ3v) is 9.04. The molecule has 0 aliphatic carbocycles. The number of sulfonamides is 1. The fourth-order valence-electron chi connectivity index (χ4n) is 4.32. The van der Waals surface area contributed by atoms with E-state index in [-0.39, 0.29) is 47.7 Å². The van der Waals surface area contributed by atoms with Gasteiger partial charge in [0, 0.05) is 24.4 Å². The SMILES string of the molecule is CSc1ccc(S(=O)(=O)N(CC(C)C)C[C@@H](O)[C@H](Cc2ccccc2)NC(=O)CCc2ccc(O)c(O)c2)cc1. The van der Waals surface area contributed by atoms with Gasteiger partial charge in [0.15, 0.2) is 11.5 Å². The molecule has 8 nitrogen and oxygen atoms in total. The van der Waals surface area contributed by atoms with Crippen molar-refractivity contribution in [2.45, 2.75) is 55.0 Å². The summed E-state index contributed by atoms with van der Waals surface area (Å²) in [6, 6.07) is 19.7. The summed E-state index contributed by atoms with van der Waals surface area (Å²) < 4.78 is 28.5. The second-order valence-corrected chi connectivity index (χ2v) is 13.0. The molecule has 0 saturated carbocycles. The van der Waals surface area contributed by atoms with Gasteiger partial charge in [-0.15, -0.1) is 11.8 Å². The zero-order valence-electron chi connectivity index (χ0n) is 23.0. The number of carbonyl (C=O) groups excluding carboxylic acids is 1. The summed E-state index contributed by atoms with van der Waals surface area (Å²) in [5, 5.41) is 33.5. The first-order valence-electron chi connectivity index (χ1n) is 13.2. The molecule has 40 heavy (non-hydrogen) atoms. The third kappa shape index (κ3) is 8.99. The highest BCUT2D eigenvalue weighted by Gasteiger charge is 2.31. The molecule has 0 aliphatic heterocycles. The molecule has 0 aliphatic rings. The molecule has 10 heteroatoms. The molecule has 0 fully saturated rings. The van der Waals surface area contributed by atoms with Crippen LogP contribution in [0, 0.1) is 5.92 Å². The quantitative estimate of drug-likeness (QED) is 0.165. The number of aliphatic hydroxyl groups excluding tert-OH is 1. The summed E-state index contributed by atoms with van der Waals surface area (Å²) >= 11 is 1.52. The number of nitrogens with one attached hydrogen (secondary N) is 1. The minimum atomic E-state index is -3.90. The van der Waals surface area contributed by atoms with Crippen molar-refractivity contribution in [2.24, 2.45) is 5.92 Å². The Labute approximate surface area is 241 Å². The second kappa shape index (κ2) is 14.5. The van der Waals surface area contributed by atoms with E-state index in [0.29, 0.717) is 18.4 Å². The minimum absolute atomic E-state index is 0.0105. The third-order valence-electron chi connectivity index (χ3n) is 6.45. The van der Waals surface area contributed by atoms with Crippen LogP contribution >= 0.6 is 11.8 Å². The van der Waals surface area contributed by atoms with Crippen LogP contribution in [0.4, 0.5) is 0 Å². The van der Waals surface area contributed by atoms with Gasteiger partial charge in [0.1, 0.15) is 0 Å². The summed E-state index contributed by atoms with van der Waals surface area (Å²) in [4.78, 5) is 14.0. The molecule has 3 aromatic rings. The van der Waals surface area contributed by atoms with Crippen molar-refractivity contribution >= 4 is 27.7 Å². The van der Waals surface area contributed by atoms with Crippen molar-refractivity contribution < 1.29 is 28.5 Å². The molecule has 0 heterocycles. The number of phenolic OH excluding ortho intramolecular Hbond substituents is 2. The molecule has 4 N–H and O–H groups in total. The summed E-state index contributed by atoms with van der Waals surface area (Å²) in [5.74, 6) is -0.806. The molecule has 3 aromatic carbocycles. The molecule has 0 bridgehead atoms. The van der Waals surface area contributed by atoms with E-state index in [1.807, 2.05) is 50.4 Å². The molecular formula is C30H38N2O6S2. The van der Waals surface area contributed by atoms with Gasteiger partial charge in [-0.25, -0.2) is 8.42 Å². The van der Waals surface area contributed by atoms with Gasteiger partial charge >= 0.3 is 0 Å². The van der Waals surface area contributed by atoms with Crippen LogP contribution in [0.1, 0.15) is 31.4 Å². The van der Waals surface area contributed by atoms with Crippen molar-refractivity contribution in [3.05, 3.63) is 83.9 Å². The van der Waals surface area contributed by atoms with Crippen LogP contribution in [0.2, 0.25) is 0 Å². The Balaban J connectivity index is 1.79. The Morgan fingerprint density at radius 1 is 0.925 bits per heavy atom. The Morgan fingerprint density at radius 3 is 2.20 bits per heavy atom. The number of aromatic hydroxyl groups is 2. The number of rotatable bonds is 14. The Hall–Kier alpha value is -3.05. The first kappa shape index (κ1) is 31.5. The van der Waals surface area contributed by atoms with E-state index in [1.165, 1.54) is 28.2 Å². The monoisotopic (exact) mass is 586 g/mol. The lowest BCUT2D eigenvalue weighted by Gasteiger charge is -2.31. The maximum Gasteiger partial charge on any atom is 0.243 e. The van der Waals surface area contributed by atoms with Gasteiger partial charge in [0.2, 0.25) is 15.9 Å². The van der Waals surface area contributed by atoms with Crippen LogP contribution in [0.25, 0.3) is 0 Å². The summed E-state index contributed by atoms with van der Waals surface area (Å²) in [7, 11) is -3.90. The predicted molar refractivity (Wildman–Crippen MR) is 158 cm³/mol. The standard InChI is InChI=1S/C30H38N2O6S2/c1-21(2)19-32(40(37,38)25-13-11-24(39-3)12-14-25)20-29(35)26(17-22-7-5-4-6-8-22)31-30(36)16-10-23-9-15-27(33)28(34)18-23/h4-9,11-15,18,21,26,29,33-35H,10,16-17,19-20H2,1-3H3,(H,31,36)/t26-,29+/m0/s1. The Bertz CT molecular complexity index is 1350. The number of hydrogen-bond acceptors (Lipinski definition) is 7. The van der Waals surface area contributed by atoms with E-state index < -0.39 is 22.2 Å². The molecule has 0 saturated heterocycles. The number of phenols is 2. The van der Waals surface area contributed by atoms with Crippen LogP contribution in [0.5, 0.6) is 11.5 Å². The molecule has 3 rings (SSSR count). The first-order valence-corrected chi connectivity index (χ1v) is 15.8. The number of amides is 1. The van der Waals surface area contributed by atoms with Gasteiger partial charge in [-0.2, -0.15) is 4.31 Å². The average Bonchev–Trinajstić information content (AvgIpc) is 2.93. The van der Waals surface area contributed by atoms with Crippen molar-refractivity contribution in [3.8, 4) is 11.5 Å². The van der Waals surface area contributed by atoms with Crippen LogP contribution < -0.4 is 5.32 Å². The maximum absolute atomic E-state index is 13.6. The number of aryl methyl sites for hydroxylation is 1. The molecule has 2 atom stereocenters. The lowest BCUT2D eigenvalue weighted by Crippen LogP contribution is -2.51. The highest BCUT2D eigenvalue weighted by molar-refractivity contribution is 7.98. The van der Waals surface area contributed by atoms with Crippen LogP contribution in [-0.2, 0) is 27.7 Å². The number of nitrogens with zero attached hydrogens (tertiary/aromatic N) is 1. The first-order chi connectivity index (χ1) is 19.0. The lowest BCUT2D eigenvalue weighted by atomic mass is 10.00. The number of thioether (sulfide) groups is 1. The molecular weight excluding hydrogens is 548 g/mol. The van der Waals surface area contributed by atoms with Crippen LogP contribution in [0.3, 0.4) is 0 Å². The van der Waals surface area contributed by atoms with E-state index in [9.17, 15) is 28.5 Å². The smallest absolute Gasteiger partial charge is 0.243 e. The van der Waals surface area contributed by atoms with E-state index in [2.05, 4.69) is 5.32 Å². The van der Waals surface area contributed by atoms with Crippen LogP contribution in [-0.4, -0.2) is 65.4 Å². The number of carbonyl (C=O) groups is 1. The van der Waals surface area contributed by atoms with Crippen molar-refractivity contribution in [1.29, 1.82) is 0 Å². The maximum atomic E-state index is 13.6. The van der Waals surface area contributed by atoms with Gasteiger partial charge < -0.3 is 20.6 Å². The zero-order valence-corrected chi connectivity index (χ0v) is 24.7. The van der Waals surface area contributed by atoms with Gasteiger partial charge in [0.25, 0.3) is 0 Å². The fraction of sp³-hybridized carbons (Fsp3) is 0.367. The Kier molecular flexibility index (Phi) is 11.4. The van der Waals surface area contributed by atoms with E-state index in [4.69, 9.17) is 0 Å². The normalized spacial score (nSPS) is 13.3. The van der Waals surface area contributed by atoms with E-state index >= 15 is 0 Å². The lowest BCUT2D eigenvalue weighted by molar-refractivity contribution is -0.122. The van der Waals surface area contributed by atoms with Crippen molar-refractivity contribution in [2.75, 3.05) is 19.3 Å². The van der Waals surface area contributed by atoms with Gasteiger partial charge in [0.05, 0.1) is 17.0 Å². The highest BCUT2D eigenvalue weighted by atomic mass is 32.2. The molecule has 1 amide bonds. The van der Waals surface area contributed by atoms with Crippen LogP contribution in [0.15, 0.2) is 82.6 Å². The minimum Gasteiger partial charge on any atom is -0.504 e. The highest BCUT2D eigenvalue weighted by Crippen LogP contribution is 2.26. The number of hydrogen-bond donors (Lipinski definition) is 4. The summed E-state index contributed by atoms with van der Waals surface area (Å²) in [6.07, 6.45) is 1.44. The molecule has 0 unspecified atom stereocenters. The van der Waals surface area contributed by atoms with E-state index in [0.717, 1.165) is 10.5 Å². The summed E-state index contributed by atoms with van der Waals surface area (Å²) in [5.41, 5.74) is 1.56. The van der Waals surface area contributed by atoms with Gasteiger partial charge in [-0.3, -0.25) is 4.79 Å².